The molecule has 0 unspecified atom stereocenters. The molecule has 5 nitrogen and oxygen atoms in total. The molecule has 0 radical (unpaired) electrons. The van der Waals surface area contributed by atoms with Crippen LogP contribution in [-0.4, -0.2) is 27.8 Å². The lowest BCUT2D eigenvalue weighted by Gasteiger charge is -2.15. The van der Waals surface area contributed by atoms with Gasteiger partial charge >= 0.3 is 5.97 Å². The molecule has 23 heavy (non-hydrogen) atoms. The summed E-state index contributed by atoms with van der Waals surface area (Å²) in [6.07, 6.45) is 0.899. The monoisotopic (exact) mass is 435 g/mol. The topological polar surface area (TPSA) is 65.0 Å². The first kappa shape index (κ1) is 18.8. The first-order valence-electron chi connectivity index (χ1n) is 7.12. The van der Waals surface area contributed by atoms with E-state index in [0.29, 0.717) is 19.4 Å². The molecule has 0 fully saturated rings. The lowest BCUT2D eigenvalue weighted by atomic mass is 9.93. The Morgan fingerprint density at radius 3 is 2.61 bits per heavy atom. The van der Waals surface area contributed by atoms with Crippen molar-refractivity contribution in [3.8, 4) is 0 Å². The SMILES string of the molecule is CCOC(=O)CCc1nnc(Sc2nc(C(C)(C)C)c(Br)s2)s1. The zero-order valence-corrected chi connectivity index (χ0v) is 17.4. The number of hydrogen-bond acceptors (Lipinski definition) is 8. The van der Waals surface area contributed by atoms with E-state index in [2.05, 4.69) is 51.9 Å². The zero-order chi connectivity index (χ0) is 17.0. The number of halogens is 1. The number of ether oxygens (including phenoxy) is 1. The van der Waals surface area contributed by atoms with Crippen molar-refractivity contribution in [1.82, 2.24) is 15.2 Å². The minimum Gasteiger partial charge on any atom is -0.466 e. The molecule has 0 atom stereocenters. The van der Waals surface area contributed by atoms with Crippen molar-refractivity contribution in [3.63, 3.8) is 0 Å². The number of carbonyl (C=O) groups excluding carboxylic acids is 1. The highest BCUT2D eigenvalue weighted by Gasteiger charge is 2.23. The van der Waals surface area contributed by atoms with E-state index in [1.807, 2.05) is 0 Å². The molecule has 0 N–H and O–H groups in total. The lowest BCUT2D eigenvalue weighted by Crippen LogP contribution is -2.12. The molecule has 0 amide bonds. The second-order valence-corrected chi connectivity index (χ2v) is 10.6. The van der Waals surface area contributed by atoms with Gasteiger partial charge in [-0.3, -0.25) is 4.79 Å². The Kier molecular flexibility index (Phi) is 6.58. The number of nitrogens with zero attached hydrogens (tertiary/aromatic N) is 3. The third kappa shape index (κ3) is 5.51. The summed E-state index contributed by atoms with van der Waals surface area (Å²) in [7, 11) is 0. The van der Waals surface area contributed by atoms with Crippen LogP contribution < -0.4 is 0 Å². The van der Waals surface area contributed by atoms with Gasteiger partial charge in [0.05, 0.1) is 22.5 Å². The predicted octanol–water partition coefficient (Wildman–Crippen LogP) is 4.70. The normalized spacial score (nSPS) is 11.7. The quantitative estimate of drug-likeness (QED) is 0.612. The average molecular weight is 436 g/mol. The van der Waals surface area contributed by atoms with E-state index in [4.69, 9.17) is 4.74 Å². The van der Waals surface area contributed by atoms with Gasteiger partial charge in [0.1, 0.15) is 5.01 Å². The van der Waals surface area contributed by atoms with E-state index < -0.39 is 0 Å². The summed E-state index contributed by atoms with van der Waals surface area (Å²) >= 11 is 8.19. The van der Waals surface area contributed by atoms with Crippen LogP contribution >= 0.6 is 50.4 Å². The molecule has 9 heteroatoms. The maximum absolute atomic E-state index is 11.4. The molecule has 0 saturated heterocycles. The molecule has 2 aromatic rings. The Morgan fingerprint density at radius 2 is 2.00 bits per heavy atom. The van der Waals surface area contributed by atoms with E-state index in [9.17, 15) is 4.79 Å². The fourth-order valence-electron chi connectivity index (χ4n) is 1.69. The van der Waals surface area contributed by atoms with Gasteiger partial charge in [-0.25, -0.2) is 4.98 Å². The van der Waals surface area contributed by atoms with Gasteiger partial charge in [0.15, 0.2) is 8.68 Å². The molecule has 0 saturated carbocycles. The first-order valence-corrected chi connectivity index (χ1v) is 10.4. The molecule has 2 rings (SSSR count). The van der Waals surface area contributed by atoms with Gasteiger partial charge in [-0.05, 0) is 34.6 Å². The van der Waals surface area contributed by atoms with Gasteiger partial charge in [0, 0.05) is 11.8 Å². The fourth-order valence-corrected chi connectivity index (χ4v) is 6.33. The van der Waals surface area contributed by atoms with Crippen molar-refractivity contribution >= 4 is 56.3 Å². The summed E-state index contributed by atoms with van der Waals surface area (Å²) in [5.41, 5.74) is 1.05. The Hall–Kier alpha value is -0.510. The van der Waals surface area contributed by atoms with E-state index in [0.717, 1.165) is 23.2 Å². The Labute approximate surface area is 156 Å². The van der Waals surface area contributed by atoms with Crippen LogP contribution in [0.15, 0.2) is 12.5 Å². The van der Waals surface area contributed by atoms with Crippen molar-refractivity contribution in [2.75, 3.05) is 6.61 Å². The first-order chi connectivity index (χ1) is 10.8. The van der Waals surface area contributed by atoms with E-state index in [1.165, 1.54) is 23.1 Å². The number of esters is 1. The molecular formula is C14H18BrN3O2S3. The van der Waals surface area contributed by atoms with Crippen LogP contribution in [0.2, 0.25) is 0 Å². The van der Waals surface area contributed by atoms with Crippen molar-refractivity contribution in [2.45, 2.75) is 54.6 Å². The number of aromatic nitrogens is 3. The van der Waals surface area contributed by atoms with Gasteiger partial charge in [0.2, 0.25) is 0 Å². The number of rotatable bonds is 6. The maximum Gasteiger partial charge on any atom is 0.306 e. The van der Waals surface area contributed by atoms with Crippen LogP contribution in [0.1, 0.15) is 44.8 Å². The van der Waals surface area contributed by atoms with Crippen LogP contribution in [0, 0.1) is 0 Å². The van der Waals surface area contributed by atoms with Crippen LogP contribution in [0.5, 0.6) is 0 Å². The highest BCUT2D eigenvalue weighted by atomic mass is 79.9. The fraction of sp³-hybridized carbons (Fsp3) is 0.571. The minimum absolute atomic E-state index is 0.0000706. The van der Waals surface area contributed by atoms with Gasteiger partial charge in [-0.1, -0.05) is 43.4 Å². The van der Waals surface area contributed by atoms with Crippen molar-refractivity contribution in [1.29, 1.82) is 0 Å². The van der Waals surface area contributed by atoms with Crippen LogP contribution in [0.25, 0.3) is 0 Å². The van der Waals surface area contributed by atoms with E-state index in [-0.39, 0.29) is 11.4 Å². The van der Waals surface area contributed by atoms with Gasteiger partial charge in [-0.15, -0.1) is 10.2 Å². The molecule has 0 spiro atoms. The maximum atomic E-state index is 11.4. The Bertz CT molecular complexity index is 679. The molecule has 0 aliphatic carbocycles. The summed E-state index contributed by atoms with van der Waals surface area (Å²) in [5.74, 6) is -0.199. The van der Waals surface area contributed by atoms with Crippen molar-refractivity contribution < 1.29 is 9.53 Å². The van der Waals surface area contributed by atoms with Crippen LogP contribution in [0.3, 0.4) is 0 Å². The highest BCUT2D eigenvalue weighted by molar-refractivity contribution is 9.11. The Balaban J connectivity index is 1.98. The molecule has 2 aromatic heterocycles. The minimum atomic E-state index is -0.199. The second kappa shape index (κ2) is 8.04. The number of thiazole rings is 1. The van der Waals surface area contributed by atoms with Crippen molar-refractivity contribution in [2.24, 2.45) is 0 Å². The average Bonchev–Trinajstić information content (AvgIpc) is 3.03. The van der Waals surface area contributed by atoms with Crippen LogP contribution in [-0.2, 0) is 21.4 Å². The lowest BCUT2D eigenvalue weighted by molar-refractivity contribution is -0.143. The molecule has 0 aliphatic heterocycles. The number of aryl methyl sites for hydroxylation is 1. The smallest absolute Gasteiger partial charge is 0.306 e. The molecular weight excluding hydrogens is 418 g/mol. The van der Waals surface area contributed by atoms with Gasteiger partial charge in [0.25, 0.3) is 0 Å². The summed E-state index contributed by atoms with van der Waals surface area (Å²) < 4.78 is 7.75. The third-order valence-electron chi connectivity index (χ3n) is 2.75. The summed E-state index contributed by atoms with van der Waals surface area (Å²) in [5, 5.41) is 9.13. The zero-order valence-electron chi connectivity index (χ0n) is 13.4. The van der Waals surface area contributed by atoms with Gasteiger partial charge in [-0.2, -0.15) is 0 Å². The van der Waals surface area contributed by atoms with Crippen LogP contribution in [0.4, 0.5) is 0 Å². The third-order valence-corrected chi connectivity index (χ3v) is 6.55. The molecule has 2 heterocycles. The summed E-state index contributed by atoms with van der Waals surface area (Å²) in [6.45, 7) is 8.62. The number of hydrogen-bond donors (Lipinski definition) is 0. The van der Waals surface area contributed by atoms with E-state index >= 15 is 0 Å². The molecule has 0 bridgehead atoms. The second-order valence-electron chi connectivity index (χ2n) is 5.72. The van der Waals surface area contributed by atoms with E-state index in [1.54, 1.807) is 18.3 Å². The molecule has 126 valence electrons. The summed E-state index contributed by atoms with van der Waals surface area (Å²) in [4.78, 5) is 16.0. The Morgan fingerprint density at radius 1 is 1.26 bits per heavy atom. The molecule has 0 aromatic carbocycles. The van der Waals surface area contributed by atoms with Crippen molar-refractivity contribution in [3.05, 3.63) is 14.5 Å². The molecule has 0 aliphatic rings. The predicted molar refractivity (Wildman–Crippen MR) is 97.5 cm³/mol. The highest BCUT2D eigenvalue weighted by Crippen LogP contribution is 2.40. The largest absolute Gasteiger partial charge is 0.466 e. The van der Waals surface area contributed by atoms with Gasteiger partial charge < -0.3 is 4.74 Å². The summed E-state index contributed by atoms with van der Waals surface area (Å²) in [6, 6.07) is 0. The standard InChI is InChI=1S/C14H18BrN3O2S3/c1-5-20-9(19)7-6-8-17-18-13(21-8)23-12-16-10(11(15)22-12)14(2,3)4/h5-7H2,1-4H3. The number of carbonyl (C=O) groups is 1.